The Bertz CT molecular complexity index is 815. The predicted octanol–water partition coefficient (Wildman–Crippen LogP) is 3.03. The van der Waals surface area contributed by atoms with Gasteiger partial charge in [0, 0.05) is 43.5 Å². The fraction of sp³-hybridized carbons (Fsp3) is 0.545. The fourth-order valence-electron chi connectivity index (χ4n) is 5.19. The molecule has 6 rings (SSSR count). The van der Waals surface area contributed by atoms with Gasteiger partial charge in [0.15, 0.2) is 5.69 Å². The second-order valence-corrected chi connectivity index (χ2v) is 8.47. The first kappa shape index (κ1) is 17.0. The predicted molar refractivity (Wildman–Crippen MR) is 104 cm³/mol. The summed E-state index contributed by atoms with van der Waals surface area (Å²) in [4.78, 5) is 18.1. The normalized spacial score (nSPS) is 25.3. The van der Waals surface area contributed by atoms with Crippen LogP contribution in [0.15, 0.2) is 30.3 Å². The van der Waals surface area contributed by atoms with Crippen molar-refractivity contribution in [1.29, 1.82) is 0 Å². The summed E-state index contributed by atoms with van der Waals surface area (Å²) in [5.74, 6) is 0.733. The van der Waals surface area contributed by atoms with Crippen LogP contribution >= 0.6 is 0 Å². The summed E-state index contributed by atoms with van der Waals surface area (Å²) < 4.78 is 0. The zero-order valence-corrected chi connectivity index (χ0v) is 15.9. The first-order chi connectivity index (χ1) is 13.3. The number of carbonyl (C=O) groups excluding carboxylic acids is 1. The molecule has 4 heterocycles. The number of amides is 1. The Morgan fingerprint density at radius 3 is 2.81 bits per heavy atom. The van der Waals surface area contributed by atoms with Gasteiger partial charge in [-0.05, 0) is 50.0 Å². The van der Waals surface area contributed by atoms with Crippen LogP contribution in [-0.2, 0) is 19.4 Å². The maximum atomic E-state index is 13.4. The Labute approximate surface area is 160 Å². The Kier molecular flexibility index (Phi) is 4.48. The lowest BCUT2D eigenvalue weighted by Gasteiger charge is -2.36. The van der Waals surface area contributed by atoms with E-state index in [0.717, 1.165) is 45.4 Å². The third-order valence-corrected chi connectivity index (χ3v) is 6.56. The van der Waals surface area contributed by atoms with E-state index in [2.05, 4.69) is 50.3 Å². The second kappa shape index (κ2) is 7.12. The minimum atomic E-state index is 0.158. The number of piperidine rings is 1. The van der Waals surface area contributed by atoms with Crippen LogP contribution in [0.5, 0.6) is 0 Å². The van der Waals surface area contributed by atoms with Crippen molar-refractivity contribution in [2.75, 3.05) is 19.6 Å². The lowest BCUT2D eigenvalue weighted by Crippen LogP contribution is -2.47. The average Bonchev–Trinajstić information content (AvgIpc) is 2.94. The fourth-order valence-corrected chi connectivity index (χ4v) is 5.19. The van der Waals surface area contributed by atoms with E-state index in [9.17, 15) is 4.79 Å². The molecule has 2 bridgehead atoms. The third kappa shape index (κ3) is 3.29. The minimum absolute atomic E-state index is 0.158. The van der Waals surface area contributed by atoms with Crippen LogP contribution in [0.2, 0.25) is 0 Å². The molecule has 4 aliphatic rings. The van der Waals surface area contributed by atoms with Gasteiger partial charge in [-0.15, -0.1) is 0 Å². The van der Waals surface area contributed by atoms with Crippen LogP contribution in [0.3, 0.4) is 0 Å². The maximum absolute atomic E-state index is 13.4. The lowest BCUT2D eigenvalue weighted by molar-refractivity contribution is 0.0577. The highest BCUT2D eigenvalue weighted by Crippen LogP contribution is 2.31. The number of rotatable bonds is 3. The molecule has 1 N–H and O–H groups in total. The summed E-state index contributed by atoms with van der Waals surface area (Å²) in [6, 6.07) is 11.0. The Hall–Kier alpha value is -2.14. The van der Waals surface area contributed by atoms with E-state index in [1.807, 2.05) is 0 Å². The molecule has 5 nitrogen and oxygen atoms in total. The number of nitrogens with one attached hydrogen (secondary N) is 1. The smallest absolute Gasteiger partial charge is 0.274 e. The number of aromatic amines is 1. The molecule has 2 aromatic rings. The van der Waals surface area contributed by atoms with Crippen molar-refractivity contribution in [3.63, 3.8) is 0 Å². The molecule has 1 aromatic carbocycles. The largest absolute Gasteiger partial charge is 0.333 e. The van der Waals surface area contributed by atoms with Gasteiger partial charge in [0.1, 0.15) is 0 Å². The zero-order valence-electron chi connectivity index (χ0n) is 15.9. The standard InChI is InChI=1S/C22H28N4O/c27-22(21-19-8-4-5-9-20(19)23-24-21)26-14-17-10-11-18(26)15-25(13-17)12-16-6-2-1-3-7-16/h1-3,6-7,17-18H,4-5,8-15H2,(H,23,24)/t17-,18+/m0/s1. The van der Waals surface area contributed by atoms with E-state index in [4.69, 9.17) is 0 Å². The number of hydrogen-bond acceptors (Lipinski definition) is 3. The molecule has 1 amide bonds. The summed E-state index contributed by atoms with van der Waals surface area (Å²) in [6.07, 6.45) is 6.75. The van der Waals surface area contributed by atoms with Gasteiger partial charge in [0.2, 0.25) is 0 Å². The minimum Gasteiger partial charge on any atom is -0.333 e. The molecular formula is C22H28N4O. The molecule has 0 radical (unpaired) electrons. The molecule has 0 spiro atoms. The monoisotopic (exact) mass is 364 g/mol. The first-order valence-electron chi connectivity index (χ1n) is 10.4. The van der Waals surface area contributed by atoms with Crippen molar-refractivity contribution in [2.45, 2.75) is 51.1 Å². The van der Waals surface area contributed by atoms with Gasteiger partial charge in [-0.25, -0.2) is 0 Å². The number of hydrogen-bond donors (Lipinski definition) is 1. The van der Waals surface area contributed by atoms with Gasteiger partial charge in [0.25, 0.3) is 5.91 Å². The zero-order chi connectivity index (χ0) is 18.2. The summed E-state index contributed by atoms with van der Waals surface area (Å²) >= 11 is 0. The summed E-state index contributed by atoms with van der Waals surface area (Å²) in [5.41, 5.74) is 4.44. The Morgan fingerprint density at radius 2 is 1.93 bits per heavy atom. The van der Waals surface area contributed by atoms with Gasteiger partial charge < -0.3 is 4.90 Å². The molecule has 27 heavy (non-hydrogen) atoms. The van der Waals surface area contributed by atoms with E-state index in [1.165, 1.54) is 36.1 Å². The molecule has 5 heteroatoms. The molecule has 3 saturated heterocycles. The highest BCUT2D eigenvalue weighted by molar-refractivity contribution is 5.94. The molecule has 2 atom stereocenters. The van der Waals surface area contributed by atoms with Gasteiger partial charge in [-0.3, -0.25) is 14.8 Å². The second-order valence-electron chi connectivity index (χ2n) is 8.47. The molecule has 0 saturated carbocycles. The highest BCUT2D eigenvalue weighted by atomic mass is 16.2. The maximum Gasteiger partial charge on any atom is 0.274 e. The molecule has 0 unspecified atom stereocenters. The van der Waals surface area contributed by atoms with E-state index in [0.29, 0.717) is 17.7 Å². The van der Waals surface area contributed by atoms with Crippen LogP contribution in [0.1, 0.15) is 53.0 Å². The first-order valence-corrected chi connectivity index (χ1v) is 10.4. The number of H-pyrrole nitrogens is 1. The highest BCUT2D eigenvalue weighted by Gasteiger charge is 2.39. The van der Waals surface area contributed by atoms with Gasteiger partial charge in [-0.1, -0.05) is 30.3 Å². The van der Waals surface area contributed by atoms with Crippen LogP contribution < -0.4 is 0 Å². The summed E-state index contributed by atoms with van der Waals surface area (Å²) in [6.45, 7) is 3.93. The number of nitrogens with zero attached hydrogens (tertiary/aromatic N) is 3. The molecular weight excluding hydrogens is 336 g/mol. The third-order valence-electron chi connectivity index (χ3n) is 6.56. The van der Waals surface area contributed by atoms with Crippen LogP contribution in [-0.4, -0.2) is 51.6 Å². The number of aromatic nitrogens is 2. The Morgan fingerprint density at radius 1 is 1.07 bits per heavy atom. The SMILES string of the molecule is O=C(c1n[nH]c2c1CCCC2)N1C[C@H]2CC[C@@H]1CN(Cc1ccccc1)C2. The summed E-state index contributed by atoms with van der Waals surface area (Å²) in [5, 5.41) is 7.58. The molecule has 3 aliphatic heterocycles. The van der Waals surface area contributed by atoms with Crippen LogP contribution in [0.25, 0.3) is 0 Å². The van der Waals surface area contributed by atoms with Crippen molar-refractivity contribution in [3.8, 4) is 0 Å². The molecule has 3 fully saturated rings. The van der Waals surface area contributed by atoms with Gasteiger partial charge in [0.05, 0.1) is 0 Å². The van der Waals surface area contributed by atoms with E-state index < -0.39 is 0 Å². The van der Waals surface area contributed by atoms with Crippen molar-refractivity contribution >= 4 is 5.91 Å². The average molecular weight is 364 g/mol. The van der Waals surface area contributed by atoms with Crippen molar-refractivity contribution in [1.82, 2.24) is 20.0 Å². The van der Waals surface area contributed by atoms with Crippen molar-refractivity contribution < 1.29 is 4.79 Å². The number of aryl methyl sites for hydroxylation is 1. The molecule has 142 valence electrons. The van der Waals surface area contributed by atoms with Crippen molar-refractivity contribution in [3.05, 3.63) is 52.8 Å². The van der Waals surface area contributed by atoms with Crippen LogP contribution in [0, 0.1) is 5.92 Å². The van der Waals surface area contributed by atoms with E-state index >= 15 is 0 Å². The number of fused-ring (bicyclic) bond motifs is 5. The van der Waals surface area contributed by atoms with E-state index in [-0.39, 0.29) is 5.91 Å². The molecule has 1 aliphatic carbocycles. The lowest BCUT2D eigenvalue weighted by atomic mass is 9.92. The van der Waals surface area contributed by atoms with Crippen LogP contribution in [0.4, 0.5) is 0 Å². The number of benzene rings is 1. The topological polar surface area (TPSA) is 52.2 Å². The quantitative estimate of drug-likeness (QED) is 0.911. The summed E-state index contributed by atoms with van der Waals surface area (Å²) in [7, 11) is 0. The molecule has 1 aromatic heterocycles. The van der Waals surface area contributed by atoms with Gasteiger partial charge in [-0.2, -0.15) is 5.10 Å². The Balaban J connectivity index is 1.34. The number of carbonyl (C=O) groups is 1. The van der Waals surface area contributed by atoms with E-state index in [1.54, 1.807) is 0 Å². The van der Waals surface area contributed by atoms with Crippen molar-refractivity contribution in [2.24, 2.45) is 5.92 Å². The van der Waals surface area contributed by atoms with Gasteiger partial charge >= 0.3 is 0 Å².